The molecule has 0 aromatic rings. The molecule has 2 aliphatic carbocycles. The third-order valence-electron chi connectivity index (χ3n) is 6.41. The smallest absolute Gasteiger partial charge is 0.342 e. The van der Waals surface area contributed by atoms with Gasteiger partial charge in [-0.15, -0.1) is 0 Å². The molecule has 8 heteroatoms. The Balaban J connectivity index is 1.63. The minimum Gasteiger partial charge on any atom is -0.342 e. The van der Waals surface area contributed by atoms with Crippen LogP contribution in [0.4, 0.5) is 13.2 Å². The molecule has 0 spiro atoms. The lowest BCUT2D eigenvalue weighted by Crippen LogP contribution is -2.52. The van der Waals surface area contributed by atoms with Gasteiger partial charge in [0.15, 0.2) is 0 Å². The van der Waals surface area contributed by atoms with Gasteiger partial charge in [0.05, 0.1) is 11.8 Å². The van der Waals surface area contributed by atoms with E-state index in [2.05, 4.69) is 0 Å². The van der Waals surface area contributed by atoms with E-state index in [4.69, 9.17) is 5.73 Å². The van der Waals surface area contributed by atoms with E-state index in [0.717, 1.165) is 24.2 Å². The van der Waals surface area contributed by atoms with Gasteiger partial charge in [-0.25, -0.2) is 0 Å². The van der Waals surface area contributed by atoms with Crippen molar-refractivity contribution >= 4 is 11.8 Å². The third kappa shape index (κ3) is 3.85. The van der Waals surface area contributed by atoms with Crippen LogP contribution in [0.1, 0.15) is 39.0 Å². The van der Waals surface area contributed by atoms with Crippen molar-refractivity contribution in [2.75, 3.05) is 26.2 Å². The number of carbonyl (C=O) groups is 2. The second kappa shape index (κ2) is 7.37. The van der Waals surface area contributed by atoms with E-state index in [1.807, 2.05) is 0 Å². The maximum absolute atomic E-state index is 13.0. The van der Waals surface area contributed by atoms with E-state index < -0.39 is 24.5 Å². The average molecular weight is 375 g/mol. The first-order chi connectivity index (χ1) is 12.2. The number of nitrogens with two attached hydrogens (primary N) is 1. The molecular formula is C18H28F3N3O2. The van der Waals surface area contributed by atoms with Crippen LogP contribution in [0.3, 0.4) is 0 Å². The minimum absolute atomic E-state index is 0.000991. The van der Waals surface area contributed by atoms with Crippen LogP contribution in [0.25, 0.3) is 0 Å². The number of piperidine rings is 1. The number of amides is 2. The molecule has 5 atom stereocenters. The fourth-order valence-corrected chi connectivity index (χ4v) is 5.11. The van der Waals surface area contributed by atoms with Crippen LogP contribution in [0, 0.1) is 23.7 Å². The second-order valence-corrected chi connectivity index (χ2v) is 8.03. The summed E-state index contributed by atoms with van der Waals surface area (Å²) in [6.45, 7) is 1.11. The number of halogens is 3. The maximum Gasteiger partial charge on any atom is 0.406 e. The summed E-state index contributed by atoms with van der Waals surface area (Å²) in [5.41, 5.74) is 6.26. The van der Waals surface area contributed by atoms with E-state index in [0.29, 0.717) is 31.2 Å². The number of rotatable bonds is 4. The molecule has 3 fully saturated rings. The summed E-state index contributed by atoms with van der Waals surface area (Å²) in [6.07, 6.45) is -0.129. The first kappa shape index (κ1) is 19.5. The van der Waals surface area contributed by atoms with Crippen molar-refractivity contribution in [2.24, 2.45) is 29.4 Å². The maximum atomic E-state index is 13.0. The van der Waals surface area contributed by atoms with Crippen molar-refractivity contribution in [3.05, 3.63) is 0 Å². The molecule has 5 nitrogen and oxygen atoms in total. The zero-order chi connectivity index (χ0) is 19.1. The van der Waals surface area contributed by atoms with Crippen molar-refractivity contribution in [2.45, 2.75) is 51.2 Å². The van der Waals surface area contributed by atoms with Crippen LogP contribution in [-0.4, -0.2) is 60.0 Å². The van der Waals surface area contributed by atoms with Gasteiger partial charge in [0, 0.05) is 25.7 Å². The second-order valence-electron chi connectivity index (χ2n) is 8.03. The molecule has 2 amide bonds. The molecule has 3 aliphatic rings. The zero-order valence-corrected chi connectivity index (χ0v) is 15.2. The van der Waals surface area contributed by atoms with Crippen LogP contribution in [-0.2, 0) is 9.59 Å². The Bertz CT molecular complexity index is 552. The van der Waals surface area contributed by atoms with Gasteiger partial charge in [0.2, 0.25) is 11.8 Å². The Hall–Kier alpha value is -1.31. The summed E-state index contributed by atoms with van der Waals surface area (Å²) in [7, 11) is 0. The summed E-state index contributed by atoms with van der Waals surface area (Å²) in [5.74, 6) is -0.486. The van der Waals surface area contributed by atoms with Crippen LogP contribution in [0.5, 0.6) is 0 Å². The molecule has 2 bridgehead atoms. The lowest BCUT2D eigenvalue weighted by atomic mass is 9.83. The highest BCUT2D eigenvalue weighted by molar-refractivity contribution is 5.83. The molecule has 2 N–H and O–H groups in total. The van der Waals surface area contributed by atoms with Gasteiger partial charge >= 0.3 is 6.18 Å². The molecule has 1 aliphatic heterocycles. The molecule has 3 rings (SSSR count). The minimum atomic E-state index is -4.41. The van der Waals surface area contributed by atoms with E-state index in [9.17, 15) is 22.8 Å². The zero-order valence-electron chi connectivity index (χ0n) is 15.2. The molecule has 0 aromatic carbocycles. The summed E-state index contributed by atoms with van der Waals surface area (Å²) >= 11 is 0. The normalized spacial score (nSPS) is 34.2. The van der Waals surface area contributed by atoms with Crippen LogP contribution < -0.4 is 5.73 Å². The van der Waals surface area contributed by atoms with E-state index in [1.54, 1.807) is 11.8 Å². The Morgan fingerprint density at radius 3 is 2.46 bits per heavy atom. The summed E-state index contributed by atoms with van der Waals surface area (Å²) in [5, 5.41) is 0. The lowest BCUT2D eigenvalue weighted by Gasteiger charge is -2.38. The van der Waals surface area contributed by atoms with Gasteiger partial charge in [0.25, 0.3) is 0 Å². The Kier molecular flexibility index (Phi) is 5.51. The Morgan fingerprint density at radius 2 is 1.88 bits per heavy atom. The number of alkyl halides is 3. The Labute approximate surface area is 152 Å². The SMILES string of the molecule is CCN(CC(F)(F)F)C(=O)C1CCCN(C(=O)C2C3CCC(C3)C2N)C1. The molecular weight excluding hydrogens is 347 g/mol. The van der Waals surface area contributed by atoms with Gasteiger partial charge < -0.3 is 15.5 Å². The predicted octanol–water partition coefficient (Wildman–Crippen LogP) is 2.01. The van der Waals surface area contributed by atoms with Gasteiger partial charge in [-0.1, -0.05) is 0 Å². The number of hydrogen-bond donors (Lipinski definition) is 1. The average Bonchev–Trinajstić information content (AvgIpc) is 3.19. The van der Waals surface area contributed by atoms with E-state index >= 15 is 0 Å². The number of carbonyl (C=O) groups excluding carboxylic acids is 2. The molecule has 1 heterocycles. The van der Waals surface area contributed by atoms with Gasteiger partial charge in [-0.3, -0.25) is 9.59 Å². The summed E-state index contributed by atoms with van der Waals surface area (Å²) in [4.78, 5) is 28.1. The molecule has 1 saturated heterocycles. The quantitative estimate of drug-likeness (QED) is 0.817. The first-order valence-corrected chi connectivity index (χ1v) is 9.61. The van der Waals surface area contributed by atoms with E-state index in [1.165, 1.54) is 0 Å². The van der Waals surface area contributed by atoms with Crippen molar-refractivity contribution in [3.63, 3.8) is 0 Å². The van der Waals surface area contributed by atoms with Crippen molar-refractivity contribution in [3.8, 4) is 0 Å². The number of nitrogens with zero attached hydrogens (tertiary/aromatic N) is 2. The van der Waals surface area contributed by atoms with Crippen molar-refractivity contribution in [1.29, 1.82) is 0 Å². The molecule has 5 unspecified atom stereocenters. The van der Waals surface area contributed by atoms with Gasteiger partial charge in [-0.05, 0) is 50.9 Å². The molecule has 0 aromatic heterocycles. The topological polar surface area (TPSA) is 66.6 Å². The number of fused-ring (bicyclic) bond motifs is 2. The number of hydrogen-bond acceptors (Lipinski definition) is 3. The standard InChI is InChI=1S/C18H28F3N3O2/c1-2-23(10-18(19,20)21)16(25)13-4-3-7-24(9-13)17(26)14-11-5-6-12(8-11)15(14)22/h11-15H,2-10,22H2,1H3. The molecule has 2 saturated carbocycles. The highest BCUT2D eigenvalue weighted by Crippen LogP contribution is 2.48. The predicted molar refractivity (Wildman–Crippen MR) is 89.9 cm³/mol. The molecule has 0 radical (unpaired) electrons. The monoisotopic (exact) mass is 375 g/mol. The van der Waals surface area contributed by atoms with Crippen molar-refractivity contribution in [1.82, 2.24) is 9.80 Å². The molecule has 26 heavy (non-hydrogen) atoms. The lowest BCUT2D eigenvalue weighted by molar-refractivity contribution is -0.165. The highest BCUT2D eigenvalue weighted by atomic mass is 19.4. The van der Waals surface area contributed by atoms with Crippen LogP contribution in [0.15, 0.2) is 0 Å². The largest absolute Gasteiger partial charge is 0.406 e. The first-order valence-electron chi connectivity index (χ1n) is 9.61. The van der Waals surface area contributed by atoms with Crippen LogP contribution >= 0.6 is 0 Å². The molecule has 148 valence electrons. The third-order valence-corrected chi connectivity index (χ3v) is 6.41. The van der Waals surface area contributed by atoms with Gasteiger partial charge in [-0.2, -0.15) is 13.2 Å². The fourth-order valence-electron chi connectivity index (χ4n) is 5.11. The fraction of sp³-hybridized carbons (Fsp3) is 0.889. The summed E-state index contributed by atoms with van der Waals surface area (Å²) < 4.78 is 38.1. The highest BCUT2D eigenvalue weighted by Gasteiger charge is 2.50. The summed E-state index contributed by atoms with van der Waals surface area (Å²) in [6, 6.07) is -0.116. The van der Waals surface area contributed by atoms with Crippen LogP contribution in [0.2, 0.25) is 0 Å². The van der Waals surface area contributed by atoms with E-state index in [-0.39, 0.29) is 31.0 Å². The van der Waals surface area contributed by atoms with Crippen molar-refractivity contribution < 1.29 is 22.8 Å². The Morgan fingerprint density at radius 1 is 1.19 bits per heavy atom. The van der Waals surface area contributed by atoms with Gasteiger partial charge in [0.1, 0.15) is 6.54 Å². The number of likely N-dealkylation sites (tertiary alicyclic amines) is 1.